The fraction of sp³-hybridized carbons (Fsp3) is 0.591. The lowest BCUT2D eigenvalue weighted by atomic mass is 9.99. The van der Waals surface area contributed by atoms with Crippen LogP contribution >= 0.6 is 0 Å². The second-order valence-electron chi connectivity index (χ2n) is 7.46. The molecule has 1 saturated heterocycles. The van der Waals surface area contributed by atoms with Crippen molar-refractivity contribution in [3.05, 3.63) is 35.5 Å². The van der Waals surface area contributed by atoms with Gasteiger partial charge in [0.2, 0.25) is 17.7 Å². The molecule has 3 rings (SSSR count). The summed E-state index contributed by atoms with van der Waals surface area (Å²) in [4.78, 5) is 14.8. The molecular weight excluding hydrogens is 386 g/mol. The van der Waals surface area contributed by atoms with Crippen molar-refractivity contribution in [2.24, 2.45) is 0 Å². The van der Waals surface area contributed by atoms with Crippen molar-refractivity contribution < 1.29 is 23.4 Å². The monoisotopic (exact) mass is 417 g/mol. The van der Waals surface area contributed by atoms with Crippen molar-refractivity contribution in [1.29, 1.82) is 0 Å². The highest BCUT2D eigenvalue weighted by Gasteiger charge is 2.26. The number of likely N-dealkylation sites (tertiary alicyclic amines) is 1. The van der Waals surface area contributed by atoms with Crippen LogP contribution in [0.15, 0.2) is 22.6 Å². The van der Waals surface area contributed by atoms with Crippen molar-refractivity contribution in [1.82, 2.24) is 15.1 Å². The van der Waals surface area contributed by atoms with Crippen molar-refractivity contribution in [3.8, 4) is 11.5 Å². The molecule has 2 heterocycles. The maximum absolute atomic E-state index is 12.8. The molecule has 0 saturated carbocycles. The average Bonchev–Trinajstić information content (AvgIpc) is 3.23. The van der Waals surface area contributed by atoms with E-state index in [1.54, 1.807) is 21.3 Å². The Balaban J connectivity index is 1.57. The Morgan fingerprint density at radius 3 is 2.77 bits per heavy atom. The van der Waals surface area contributed by atoms with Crippen LogP contribution in [0.2, 0.25) is 0 Å². The molecule has 1 aromatic heterocycles. The first-order valence-electron chi connectivity index (χ1n) is 10.4. The van der Waals surface area contributed by atoms with Gasteiger partial charge >= 0.3 is 0 Å². The summed E-state index contributed by atoms with van der Waals surface area (Å²) in [5.74, 6) is 2.58. The van der Waals surface area contributed by atoms with Gasteiger partial charge in [-0.05, 0) is 43.9 Å². The molecule has 1 aliphatic rings. The first kappa shape index (κ1) is 22.1. The maximum Gasteiger partial charge on any atom is 0.223 e. The first-order valence-corrected chi connectivity index (χ1v) is 10.4. The lowest BCUT2D eigenvalue weighted by molar-refractivity contribution is -0.135. The molecule has 0 spiro atoms. The number of hydrogen-bond acceptors (Lipinski definition) is 7. The number of aromatic nitrogens is 2. The van der Waals surface area contributed by atoms with Crippen LogP contribution in [0, 0.1) is 0 Å². The minimum Gasteiger partial charge on any atom is -0.497 e. The van der Waals surface area contributed by atoms with Crippen molar-refractivity contribution in [2.45, 2.75) is 51.0 Å². The van der Waals surface area contributed by atoms with Gasteiger partial charge in [0.05, 0.1) is 20.6 Å². The topological polar surface area (TPSA) is 86.9 Å². The molecule has 8 heteroatoms. The summed E-state index contributed by atoms with van der Waals surface area (Å²) < 4.78 is 21.7. The maximum atomic E-state index is 12.8. The Morgan fingerprint density at radius 1 is 1.17 bits per heavy atom. The van der Waals surface area contributed by atoms with E-state index in [4.69, 9.17) is 18.6 Å². The molecule has 164 valence electrons. The highest BCUT2D eigenvalue weighted by atomic mass is 16.5. The second-order valence-corrected chi connectivity index (χ2v) is 7.46. The predicted molar refractivity (Wildman–Crippen MR) is 111 cm³/mol. The molecule has 1 fully saturated rings. The smallest absolute Gasteiger partial charge is 0.223 e. The molecule has 1 aromatic carbocycles. The fourth-order valence-corrected chi connectivity index (χ4v) is 3.88. The van der Waals surface area contributed by atoms with Crippen LogP contribution in [0.25, 0.3) is 0 Å². The Bertz CT molecular complexity index is 823. The number of methoxy groups -OCH3 is 3. The van der Waals surface area contributed by atoms with Gasteiger partial charge in [0.15, 0.2) is 0 Å². The van der Waals surface area contributed by atoms with Crippen LogP contribution in [0.4, 0.5) is 0 Å². The van der Waals surface area contributed by atoms with Crippen molar-refractivity contribution in [3.63, 3.8) is 0 Å². The van der Waals surface area contributed by atoms with Gasteiger partial charge in [0.1, 0.15) is 11.5 Å². The third-order valence-electron chi connectivity index (χ3n) is 5.49. The molecule has 30 heavy (non-hydrogen) atoms. The molecule has 0 N–H and O–H groups in total. The van der Waals surface area contributed by atoms with Crippen LogP contribution in [0.5, 0.6) is 11.5 Å². The lowest BCUT2D eigenvalue weighted by Crippen LogP contribution is -2.44. The molecule has 1 aliphatic heterocycles. The molecule has 1 atom stereocenters. The largest absolute Gasteiger partial charge is 0.497 e. The average molecular weight is 418 g/mol. The number of piperidine rings is 1. The summed E-state index contributed by atoms with van der Waals surface area (Å²) >= 11 is 0. The number of nitrogens with zero attached hydrogens (tertiary/aromatic N) is 3. The Kier molecular flexibility index (Phi) is 8.07. The normalized spacial score (nSPS) is 16.5. The lowest BCUT2D eigenvalue weighted by Gasteiger charge is -2.35. The molecule has 0 aliphatic carbocycles. The summed E-state index contributed by atoms with van der Waals surface area (Å²) in [6.07, 6.45) is 5.40. The van der Waals surface area contributed by atoms with Gasteiger partial charge in [-0.3, -0.25) is 4.79 Å². The van der Waals surface area contributed by atoms with E-state index in [0.717, 1.165) is 42.9 Å². The summed E-state index contributed by atoms with van der Waals surface area (Å²) in [6, 6.07) is 5.85. The van der Waals surface area contributed by atoms with E-state index in [9.17, 15) is 4.79 Å². The van der Waals surface area contributed by atoms with Gasteiger partial charge in [0.25, 0.3) is 0 Å². The van der Waals surface area contributed by atoms with Gasteiger partial charge in [0, 0.05) is 44.7 Å². The van der Waals surface area contributed by atoms with E-state index in [2.05, 4.69) is 10.2 Å². The molecule has 0 radical (unpaired) electrons. The molecular formula is C22H31N3O5. The predicted octanol–water partition coefficient (Wildman–Crippen LogP) is 3.03. The van der Waals surface area contributed by atoms with E-state index >= 15 is 0 Å². The molecule has 0 bridgehead atoms. The quantitative estimate of drug-likeness (QED) is 0.587. The molecule has 1 amide bonds. The number of rotatable bonds is 10. The van der Waals surface area contributed by atoms with Crippen LogP contribution in [-0.2, 0) is 22.4 Å². The summed E-state index contributed by atoms with van der Waals surface area (Å²) in [7, 11) is 4.94. The van der Waals surface area contributed by atoms with Crippen molar-refractivity contribution in [2.75, 3.05) is 34.5 Å². The number of ether oxygens (including phenoxy) is 3. The van der Waals surface area contributed by atoms with Crippen molar-refractivity contribution >= 4 is 5.91 Å². The van der Waals surface area contributed by atoms with E-state index in [-0.39, 0.29) is 11.9 Å². The molecule has 1 unspecified atom stereocenters. The zero-order valence-corrected chi connectivity index (χ0v) is 18.1. The zero-order chi connectivity index (χ0) is 21.3. The molecule has 8 nitrogen and oxygen atoms in total. The van der Waals surface area contributed by atoms with Gasteiger partial charge in [-0.15, -0.1) is 10.2 Å². The van der Waals surface area contributed by atoms with Crippen LogP contribution in [0.1, 0.15) is 49.4 Å². The van der Waals surface area contributed by atoms with Gasteiger partial charge in [-0.2, -0.15) is 0 Å². The summed E-state index contributed by atoms with van der Waals surface area (Å²) in [5.41, 5.74) is 0.900. The summed E-state index contributed by atoms with van der Waals surface area (Å²) in [5, 5.41) is 8.25. The van der Waals surface area contributed by atoms with Crippen LogP contribution in [-0.4, -0.2) is 61.5 Å². The minimum absolute atomic E-state index is 0.144. The second kappa shape index (κ2) is 11.0. The highest BCUT2D eigenvalue weighted by Crippen LogP contribution is 2.26. The molecule has 2 aromatic rings. The fourth-order valence-electron chi connectivity index (χ4n) is 3.88. The number of amides is 1. The van der Waals surface area contributed by atoms with Crippen LogP contribution < -0.4 is 9.47 Å². The number of aryl methyl sites for hydroxylation is 1. The zero-order valence-electron chi connectivity index (χ0n) is 18.1. The first-order chi connectivity index (χ1) is 14.6. The number of hydrogen-bond donors (Lipinski definition) is 0. The van der Waals surface area contributed by atoms with Gasteiger partial charge in [-0.1, -0.05) is 0 Å². The third-order valence-corrected chi connectivity index (χ3v) is 5.49. The number of benzene rings is 1. The SMILES string of the molecule is COCCC1CCCCN1C(=O)CCc1nnc(Cc2cc(OC)ccc2OC)o1. The van der Waals surface area contributed by atoms with E-state index in [1.165, 1.54) is 6.42 Å². The summed E-state index contributed by atoms with van der Waals surface area (Å²) in [6.45, 7) is 1.49. The minimum atomic E-state index is 0.144. The van der Waals surface area contributed by atoms with E-state index < -0.39 is 0 Å². The van der Waals surface area contributed by atoms with Gasteiger partial charge < -0.3 is 23.5 Å². The van der Waals surface area contributed by atoms with Crippen LogP contribution in [0.3, 0.4) is 0 Å². The number of carbonyl (C=O) groups is 1. The number of carbonyl (C=O) groups excluding carboxylic acids is 1. The van der Waals surface area contributed by atoms with Gasteiger partial charge in [-0.25, -0.2) is 0 Å². The standard InChI is InChI=1S/C22H31N3O5/c1-27-13-11-17-6-4-5-12-25(17)22(26)10-9-20-23-24-21(30-20)15-16-14-18(28-2)7-8-19(16)29-3/h7-8,14,17H,4-6,9-13,15H2,1-3H3. The Hall–Kier alpha value is -2.61. The van der Waals surface area contributed by atoms with E-state index in [1.807, 2.05) is 23.1 Å². The highest BCUT2D eigenvalue weighted by molar-refractivity contribution is 5.76. The third kappa shape index (κ3) is 5.72. The Morgan fingerprint density at radius 2 is 2.00 bits per heavy atom. The Labute approximate surface area is 177 Å². The van der Waals surface area contributed by atoms with E-state index in [0.29, 0.717) is 37.7 Å².